The van der Waals surface area contributed by atoms with Crippen molar-refractivity contribution in [3.8, 4) is 22.8 Å². The van der Waals surface area contributed by atoms with Crippen molar-refractivity contribution < 1.29 is 19.4 Å². The number of hydrogen-bond acceptors (Lipinski definition) is 10. The first-order valence-electron chi connectivity index (χ1n) is 15.3. The van der Waals surface area contributed by atoms with Crippen molar-refractivity contribution in [2.24, 2.45) is 0 Å². The summed E-state index contributed by atoms with van der Waals surface area (Å²) in [7, 11) is 2.20. The van der Waals surface area contributed by atoms with Gasteiger partial charge in [0.25, 0.3) is 0 Å². The quantitative estimate of drug-likeness (QED) is 0.106. The lowest BCUT2D eigenvalue weighted by atomic mass is 10.1. The van der Waals surface area contributed by atoms with E-state index in [0.717, 1.165) is 113 Å². The average Bonchev–Trinajstić information content (AvgIpc) is 3.49. The minimum atomic E-state index is -0.0382. The Morgan fingerprint density at radius 1 is 0.907 bits per heavy atom. The monoisotopic (exact) mass is 608 g/mol. The van der Waals surface area contributed by atoms with E-state index in [9.17, 15) is 0 Å². The normalized spacial score (nSPS) is 16.3. The Morgan fingerprint density at radius 3 is 2.16 bits per heavy atom. The highest BCUT2D eigenvalue weighted by molar-refractivity contribution is 7.16. The predicted molar refractivity (Wildman–Crippen MR) is 171 cm³/mol. The van der Waals surface area contributed by atoms with Crippen molar-refractivity contribution in [3.05, 3.63) is 59.0 Å². The van der Waals surface area contributed by atoms with Crippen molar-refractivity contribution in [2.75, 3.05) is 84.2 Å². The molecule has 11 heteroatoms. The van der Waals surface area contributed by atoms with Crippen LogP contribution in [0, 0.1) is 5.41 Å². The number of rotatable bonds is 14. The Kier molecular flexibility index (Phi) is 11.6. The van der Waals surface area contributed by atoms with Crippen LogP contribution in [0.3, 0.4) is 0 Å². The van der Waals surface area contributed by atoms with Crippen LogP contribution in [0.4, 0.5) is 5.13 Å². The molecule has 0 aliphatic carbocycles. The zero-order chi connectivity index (χ0) is 29.9. The molecule has 3 heterocycles. The second-order valence-corrected chi connectivity index (χ2v) is 12.1. The van der Waals surface area contributed by atoms with Gasteiger partial charge in [0.15, 0.2) is 5.13 Å². The molecule has 2 saturated heterocycles. The minimum absolute atomic E-state index is 0.0382. The van der Waals surface area contributed by atoms with Crippen molar-refractivity contribution in [1.29, 1.82) is 5.41 Å². The van der Waals surface area contributed by atoms with Crippen molar-refractivity contribution in [2.45, 2.75) is 25.7 Å². The van der Waals surface area contributed by atoms with E-state index in [1.807, 2.05) is 16.8 Å². The third-order valence-corrected chi connectivity index (χ3v) is 9.10. The molecule has 3 N–H and O–H groups in total. The van der Waals surface area contributed by atoms with Gasteiger partial charge in [0.05, 0.1) is 32.1 Å². The Balaban J connectivity index is 1.08. The second-order valence-electron chi connectivity index (χ2n) is 11.1. The minimum Gasteiger partial charge on any atom is -0.494 e. The molecule has 0 amide bonds. The SMILES string of the molecule is CN1CCN(CCc2sc(N3CCOCC3)nc2-c2ccc(OCCCCCOc3ccc(C(=N)NO)cc3)cc2)CC1. The van der Waals surface area contributed by atoms with Gasteiger partial charge in [-0.3, -0.25) is 16.1 Å². The topological polar surface area (TPSA) is 106 Å². The maximum atomic E-state index is 8.82. The number of likely N-dealkylation sites (N-methyl/N-ethyl adjacent to an activating group) is 1. The summed E-state index contributed by atoms with van der Waals surface area (Å²) in [5, 5.41) is 17.5. The largest absolute Gasteiger partial charge is 0.494 e. The van der Waals surface area contributed by atoms with E-state index in [-0.39, 0.29) is 5.84 Å². The highest BCUT2D eigenvalue weighted by Gasteiger charge is 2.21. The number of benzene rings is 2. The molecular formula is C32H44N6O4S. The number of piperazine rings is 1. The van der Waals surface area contributed by atoms with Crippen LogP contribution in [0.15, 0.2) is 48.5 Å². The number of nitrogens with one attached hydrogen (secondary N) is 2. The summed E-state index contributed by atoms with van der Waals surface area (Å²) in [5.74, 6) is 1.60. The number of hydroxylamine groups is 1. The average molecular weight is 609 g/mol. The van der Waals surface area contributed by atoms with Crippen molar-refractivity contribution >= 4 is 22.3 Å². The number of amidine groups is 1. The molecule has 232 valence electrons. The van der Waals surface area contributed by atoms with Gasteiger partial charge >= 0.3 is 0 Å². The van der Waals surface area contributed by atoms with E-state index in [4.69, 9.17) is 29.8 Å². The molecule has 2 fully saturated rings. The number of nitrogens with zero attached hydrogens (tertiary/aromatic N) is 4. The van der Waals surface area contributed by atoms with E-state index in [2.05, 4.69) is 46.0 Å². The van der Waals surface area contributed by atoms with Crippen molar-refractivity contribution in [3.63, 3.8) is 0 Å². The highest BCUT2D eigenvalue weighted by atomic mass is 32.1. The third-order valence-electron chi connectivity index (χ3n) is 7.93. The van der Waals surface area contributed by atoms with E-state index >= 15 is 0 Å². The van der Waals surface area contributed by atoms with Gasteiger partial charge in [-0.15, -0.1) is 11.3 Å². The summed E-state index contributed by atoms with van der Waals surface area (Å²) in [4.78, 5) is 13.8. The summed E-state index contributed by atoms with van der Waals surface area (Å²) in [5.41, 5.74) is 4.69. The lowest BCUT2D eigenvalue weighted by Gasteiger charge is -2.32. The molecular weight excluding hydrogens is 564 g/mol. The van der Waals surface area contributed by atoms with Crippen LogP contribution in [-0.4, -0.2) is 105 Å². The fraction of sp³-hybridized carbons (Fsp3) is 0.500. The van der Waals surface area contributed by atoms with E-state index in [1.165, 1.54) is 4.88 Å². The Morgan fingerprint density at radius 2 is 1.53 bits per heavy atom. The highest BCUT2D eigenvalue weighted by Crippen LogP contribution is 2.35. The molecule has 2 aliphatic rings. The predicted octanol–water partition coefficient (Wildman–Crippen LogP) is 4.37. The first-order valence-corrected chi connectivity index (χ1v) is 16.1. The zero-order valence-corrected chi connectivity index (χ0v) is 25.9. The van der Waals surface area contributed by atoms with Crippen LogP contribution in [0.2, 0.25) is 0 Å². The van der Waals surface area contributed by atoms with Crippen LogP contribution >= 0.6 is 11.3 Å². The fourth-order valence-electron chi connectivity index (χ4n) is 5.21. The number of ether oxygens (including phenoxy) is 3. The molecule has 0 unspecified atom stereocenters. The Hall–Kier alpha value is -3.22. The number of aromatic nitrogens is 1. The Labute approximate surface area is 258 Å². The number of hydrogen-bond donors (Lipinski definition) is 3. The molecule has 3 aromatic rings. The van der Waals surface area contributed by atoms with Gasteiger partial charge in [-0.25, -0.2) is 4.98 Å². The summed E-state index contributed by atoms with van der Waals surface area (Å²) in [6.07, 6.45) is 3.91. The standard InChI is InChI=1S/C32H44N6O4S/c1-36-15-17-37(18-16-36)14-13-29-30(34-32(43-29)38-19-23-40-24-20-38)25-5-9-27(10-6-25)41-21-3-2-4-22-42-28-11-7-26(8-12-28)31(33)35-39/h5-12,39H,2-4,13-24H2,1H3,(H2,33,35). The van der Waals surface area contributed by atoms with Crippen molar-refractivity contribution in [1.82, 2.24) is 20.3 Å². The maximum absolute atomic E-state index is 8.82. The van der Waals surface area contributed by atoms with E-state index < -0.39 is 0 Å². The maximum Gasteiger partial charge on any atom is 0.186 e. The summed E-state index contributed by atoms with van der Waals surface area (Å²) in [6.45, 7) is 10.2. The number of morpholine rings is 1. The summed E-state index contributed by atoms with van der Waals surface area (Å²) >= 11 is 1.84. The molecule has 5 rings (SSSR count). The van der Waals surface area contributed by atoms with Crippen LogP contribution in [-0.2, 0) is 11.2 Å². The lowest BCUT2D eigenvalue weighted by molar-refractivity contribution is 0.122. The first-order chi connectivity index (χ1) is 21.1. The summed E-state index contributed by atoms with van der Waals surface area (Å²) in [6, 6.07) is 15.5. The number of anilines is 1. The molecule has 2 aromatic carbocycles. The van der Waals surface area contributed by atoms with Gasteiger partial charge in [-0.05, 0) is 81.3 Å². The van der Waals surface area contributed by atoms with Gasteiger partial charge in [0.2, 0.25) is 0 Å². The molecule has 1 aromatic heterocycles. The lowest BCUT2D eigenvalue weighted by Crippen LogP contribution is -2.45. The smallest absolute Gasteiger partial charge is 0.186 e. The van der Waals surface area contributed by atoms with E-state index in [0.29, 0.717) is 18.8 Å². The van der Waals surface area contributed by atoms with Gasteiger partial charge in [0, 0.05) is 61.8 Å². The molecule has 2 aliphatic heterocycles. The molecule has 0 spiro atoms. The first kappa shape index (κ1) is 31.2. The Bertz CT molecular complexity index is 1270. The third kappa shape index (κ3) is 9.14. The fourth-order valence-corrected chi connectivity index (χ4v) is 6.33. The second kappa shape index (κ2) is 16.0. The van der Waals surface area contributed by atoms with Crippen LogP contribution in [0.5, 0.6) is 11.5 Å². The van der Waals surface area contributed by atoms with Gasteiger partial charge in [-0.1, -0.05) is 0 Å². The van der Waals surface area contributed by atoms with Gasteiger partial charge in [0.1, 0.15) is 17.3 Å². The zero-order valence-electron chi connectivity index (χ0n) is 25.1. The molecule has 10 nitrogen and oxygen atoms in total. The van der Waals surface area contributed by atoms with Crippen LogP contribution in [0.1, 0.15) is 29.7 Å². The van der Waals surface area contributed by atoms with Crippen LogP contribution in [0.25, 0.3) is 11.3 Å². The number of thiazole rings is 1. The van der Waals surface area contributed by atoms with Gasteiger partial charge in [-0.2, -0.15) is 0 Å². The van der Waals surface area contributed by atoms with Gasteiger partial charge < -0.3 is 28.9 Å². The molecule has 43 heavy (non-hydrogen) atoms. The van der Waals surface area contributed by atoms with Crippen LogP contribution < -0.4 is 19.9 Å². The number of unbranched alkanes of at least 4 members (excludes halogenated alkanes) is 2. The molecule has 0 saturated carbocycles. The molecule has 0 bridgehead atoms. The molecule has 0 radical (unpaired) electrons. The summed E-state index contributed by atoms with van der Waals surface area (Å²) < 4.78 is 17.4. The molecule has 0 atom stereocenters. The van der Waals surface area contributed by atoms with E-state index in [1.54, 1.807) is 24.3 Å².